The second kappa shape index (κ2) is 9.90. The van der Waals surface area contributed by atoms with E-state index < -0.39 is 0 Å². The van der Waals surface area contributed by atoms with Gasteiger partial charge in [-0.05, 0) is 109 Å². The molecular formula is C44H28N2O. The molecule has 220 valence electrons. The van der Waals surface area contributed by atoms with E-state index in [4.69, 9.17) is 9.72 Å². The third kappa shape index (κ3) is 3.90. The van der Waals surface area contributed by atoms with Gasteiger partial charge in [-0.1, -0.05) is 115 Å². The van der Waals surface area contributed by atoms with Crippen LogP contribution in [0.4, 0.5) is 0 Å². The SMILES string of the molecule is Cc1nc2cccc3c2n1-c1ccc(-c2ccc4c(-c5ccccc5)c5ccccc5c(-c5ccc6ccccc6c5)c4c2)cc1O3. The highest BCUT2D eigenvalue weighted by molar-refractivity contribution is 6.22. The van der Waals surface area contributed by atoms with Crippen LogP contribution in [-0.2, 0) is 0 Å². The number of ether oxygens (including phenoxy) is 1. The molecule has 1 aliphatic rings. The molecule has 3 heteroatoms. The molecule has 0 spiro atoms. The first-order valence-electron chi connectivity index (χ1n) is 16.0. The zero-order valence-corrected chi connectivity index (χ0v) is 25.7. The van der Waals surface area contributed by atoms with Crippen LogP contribution in [0, 0.1) is 6.92 Å². The number of benzene rings is 8. The average Bonchev–Trinajstić information content (AvgIpc) is 3.47. The summed E-state index contributed by atoms with van der Waals surface area (Å²) in [5.74, 6) is 2.63. The molecule has 10 rings (SSSR count). The maximum atomic E-state index is 6.52. The van der Waals surface area contributed by atoms with Crippen molar-refractivity contribution in [2.75, 3.05) is 0 Å². The molecule has 47 heavy (non-hydrogen) atoms. The van der Waals surface area contributed by atoms with Crippen molar-refractivity contribution in [1.82, 2.24) is 9.55 Å². The second-order valence-corrected chi connectivity index (χ2v) is 12.4. The number of nitrogens with zero attached hydrogens (tertiary/aromatic N) is 2. The number of aryl methyl sites for hydroxylation is 1. The topological polar surface area (TPSA) is 27.1 Å². The van der Waals surface area contributed by atoms with Gasteiger partial charge in [-0.25, -0.2) is 4.98 Å². The lowest BCUT2D eigenvalue weighted by Crippen LogP contribution is -2.05. The summed E-state index contributed by atoms with van der Waals surface area (Å²) in [6.07, 6.45) is 0. The van der Waals surface area contributed by atoms with Gasteiger partial charge in [0, 0.05) is 0 Å². The summed E-state index contributed by atoms with van der Waals surface area (Å²) < 4.78 is 8.73. The minimum atomic E-state index is 0.835. The van der Waals surface area contributed by atoms with Gasteiger partial charge in [0.1, 0.15) is 11.3 Å². The molecule has 0 aliphatic carbocycles. The van der Waals surface area contributed by atoms with Gasteiger partial charge >= 0.3 is 0 Å². The van der Waals surface area contributed by atoms with E-state index in [9.17, 15) is 0 Å². The predicted octanol–water partition coefficient (Wildman–Crippen LogP) is 11.9. The van der Waals surface area contributed by atoms with Crippen LogP contribution in [0.25, 0.3) is 82.4 Å². The maximum absolute atomic E-state index is 6.52. The molecule has 9 aromatic rings. The fourth-order valence-corrected chi connectivity index (χ4v) is 7.60. The van der Waals surface area contributed by atoms with Gasteiger partial charge < -0.3 is 4.74 Å². The molecule has 8 aromatic carbocycles. The molecule has 1 aliphatic heterocycles. The first-order chi connectivity index (χ1) is 23.2. The van der Waals surface area contributed by atoms with Gasteiger partial charge in [-0.3, -0.25) is 4.57 Å². The third-order valence-corrected chi connectivity index (χ3v) is 9.69. The average molecular weight is 601 g/mol. The summed E-state index contributed by atoms with van der Waals surface area (Å²) in [7, 11) is 0. The van der Waals surface area contributed by atoms with E-state index in [0.29, 0.717) is 0 Å². The summed E-state index contributed by atoms with van der Waals surface area (Å²) in [6, 6.07) is 54.7. The normalized spacial score (nSPS) is 12.1. The van der Waals surface area contributed by atoms with Gasteiger partial charge in [-0.2, -0.15) is 0 Å². The Bertz CT molecular complexity index is 2720. The maximum Gasteiger partial charge on any atom is 0.153 e. The van der Waals surface area contributed by atoms with Gasteiger partial charge in [-0.15, -0.1) is 0 Å². The largest absolute Gasteiger partial charge is 0.453 e. The zero-order valence-electron chi connectivity index (χ0n) is 25.7. The van der Waals surface area contributed by atoms with Crippen LogP contribution in [-0.4, -0.2) is 9.55 Å². The Morgan fingerprint density at radius 1 is 0.468 bits per heavy atom. The smallest absolute Gasteiger partial charge is 0.153 e. The van der Waals surface area contributed by atoms with Crippen LogP contribution in [0.3, 0.4) is 0 Å². The Kier molecular flexibility index (Phi) is 5.49. The first-order valence-corrected chi connectivity index (χ1v) is 16.0. The highest BCUT2D eigenvalue weighted by atomic mass is 16.5. The molecule has 2 heterocycles. The summed E-state index contributed by atoms with van der Waals surface area (Å²) in [5, 5.41) is 7.45. The van der Waals surface area contributed by atoms with Crippen molar-refractivity contribution in [3.8, 4) is 50.6 Å². The van der Waals surface area contributed by atoms with E-state index in [-0.39, 0.29) is 0 Å². The Hall–Kier alpha value is -6.19. The van der Waals surface area contributed by atoms with Crippen molar-refractivity contribution >= 4 is 43.4 Å². The standard InChI is InChI=1S/C44H28N2O/c1-27-45-38-16-9-17-40-44(38)46(27)39-23-21-32(26-41(39)47-40)31-20-22-36-37(25-31)43(33-19-18-28-10-5-6-13-30(28)24-33)35-15-8-7-14-34(35)42(36)29-11-3-2-4-12-29/h2-26H,1H3. The van der Waals surface area contributed by atoms with E-state index in [0.717, 1.165) is 45.2 Å². The van der Waals surface area contributed by atoms with Gasteiger partial charge in [0.25, 0.3) is 0 Å². The Morgan fingerprint density at radius 3 is 2.00 bits per heavy atom. The summed E-state index contributed by atoms with van der Waals surface area (Å²) in [6.45, 7) is 2.05. The van der Waals surface area contributed by atoms with Crippen LogP contribution in [0.5, 0.6) is 11.5 Å². The quantitative estimate of drug-likeness (QED) is 0.189. The number of para-hydroxylation sites is 1. The van der Waals surface area contributed by atoms with Crippen molar-refractivity contribution in [2.45, 2.75) is 6.92 Å². The molecular weight excluding hydrogens is 572 g/mol. The molecule has 0 radical (unpaired) electrons. The molecule has 0 saturated heterocycles. The molecule has 0 atom stereocenters. The molecule has 0 fully saturated rings. The minimum absolute atomic E-state index is 0.835. The molecule has 0 bridgehead atoms. The fraction of sp³-hybridized carbons (Fsp3) is 0.0227. The van der Waals surface area contributed by atoms with E-state index in [1.165, 1.54) is 54.6 Å². The highest BCUT2D eigenvalue weighted by Gasteiger charge is 2.24. The number of rotatable bonds is 3. The second-order valence-electron chi connectivity index (χ2n) is 12.4. The van der Waals surface area contributed by atoms with E-state index >= 15 is 0 Å². The highest BCUT2D eigenvalue weighted by Crippen LogP contribution is 2.47. The number of imidazole rings is 1. The molecule has 1 aromatic heterocycles. The minimum Gasteiger partial charge on any atom is -0.453 e. The molecule has 0 saturated carbocycles. The fourth-order valence-electron chi connectivity index (χ4n) is 7.60. The zero-order chi connectivity index (χ0) is 31.1. The molecule has 0 amide bonds. The number of hydrogen-bond acceptors (Lipinski definition) is 2. The molecule has 0 N–H and O–H groups in total. The van der Waals surface area contributed by atoms with E-state index in [1.807, 2.05) is 18.2 Å². The van der Waals surface area contributed by atoms with Gasteiger partial charge in [0.05, 0.1) is 11.2 Å². The van der Waals surface area contributed by atoms with Crippen LogP contribution < -0.4 is 4.74 Å². The lowest BCUT2D eigenvalue weighted by Gasteiger charge is -2.22. The van der Waals surface area contributed by atoms with Crippen LogP contribution in [0.2, 0.25) is 0 Å². The summed E-state index contributed by atoms with van der Waals surface area (Å²) in [5.41, 5.74) is 10.2. The van der Waals surface area contributed by atoms with Crippen LogP contribution in [0.1, 0.15) is 5.82 Å². The Morgan fingerprint density at radius 2 is 1.15 bits per heavy atom. The summed E-state index contributed by atoms with van der Waals surface area (Å²) >= 11 is 0. The Balaban J connectivity index is 1.24. The van der Waals surface area contributed by atoms with Crippen molar-refractivity contribution < 1.29 is 4.74 Å². The monoisotopic (exact) mass is 600 g/mol. The Labute approximate surface area is 271 Å². The van der Waals surface area contributed by atoms with Crippen molar-refractivity contribution in [3.05, 3.63) is 157 Å². The molecule has 3 nitrogen and oxygen atoms in total. The van der Waals surface area contributed by atoms with Crippen LogP contribution in [0.15, 0.2) is 152 Å². The van der Waals surface area contributed by atoms with Crippen LogP contribution >= 0.6 is 0 Å². The van der Waals surface area contributed by atoms with Crippen molar-refractivity contribution in [3.63, 3.8) is 0 Å². The van der Waals surface area contributed by atoms with E-state index in [2.05, 4.69) is 145 Å². The lowest BCUT2D eigenvalue weighted by atomic mass is 9.84. The predicted molar refractivity (Wildman–Crippen MR) is 195 cm³/mol. The first kappa shape index (κ1) is 26.1. The number of hydrogen-bond donors (Lipinski definition) is 0. The van der Waals surface area contributed by atoms with Gasteiger partial charge in [0.2, 0.25) is 0 Å². The lowest BCUT2D eigenvalue weighted by molar-refractivity contribution is 0.475. The number of aromatic nitrogens is 2. The summed E-state index contributed by atoms with van der Waals surface area (Å²) in [4.78, 5) is 4.80. The van der Waals surface area contributed by atoms with Crippen molar-refractivity contribution in [2.24, 2.45) is 0 Å². The van der Waals surface area contributed by atoms with Gasteiger partial charge in [0.15, 0.2) is 11.5 Å². The van der Waals surface area contributed by atoms with E-state index in [1.54, 1.807) is 0 Å². The number of fused-ring (bicyclic) bond motifs is 5. The third-order valence-electron chi connectivity index (χ3n) is 9.69. The van der Waals surface area contributed by atoms with Crippen molar-refractivity contribution in [1.29, 1.82) is 0 Å². The molecule has 0 unspecified atom stereocenters.